The highest BCUT2D eigenvalue weighted by Gasteiger charge is 2.38. The molecule has 3 aliphatic rings. The van der Waals surface area contributed by atoms with E-state index >= 15 is 4.39 Å². The van der Waals surface area contributed by atoms with E-state index in [-0.39, 0.29) is 17.0 Å². The average Bonchev–Trinajstić information content (AvgIpc) is 3.40. The molecule has 0 radical (unpaired) electrons. The molecule has 2 atom stereocenters. The molecule has 2 aliphatic heterocycles. The van der Waals surface area contributed by atoms with E-state index in [2.05, 4.69) is 16.8 Å². The maximum Gasteiger partial charge on any atom is 0.341 e. The molecule has 3 heterocycles. The normalized spacial score (nSPS) is 25.3. The molecule has 1 saturated carbocycles. The molecule has 148 valence electrons. The number of likely N-dealkylation sites (N-methyl/N-ethyl adjacent to an activating group) is 1. The van der Waals surface area contributed by atoms with Gasteiger partial charge in [0.2, 0.25) is 5.43 Å². The Labute approximate surface area is 162 Å². The molecule has 0 bridgehead atoms. The molecule has 3 fully saturated rings. The maximum absolute atomic E-state index is 15.1. The van der Waals surface area contributed by atoms with Crippen LogP contribution in [0.4, 0.5) is 10.1 Å². The van der Waals surface area contributed by atoms with Gasteiger partial charge in [-0.2, -0.15) is 0 Å². The first-order valence-electron chi connectivity index (χ1n) is 10.0. The second kappa shape index (κ2) is 6.30. The van der Waals surface area contributed by atoms with Crippen molar-refractivity contribution in [3.8, 4) is 0 Å². The summed E-state index contributed by atoms with van der Waals surface area (Å²) < 4.78 is 16.9. The van der Waals surface area contributed by atoms with Crippen LogP contribution >= 0.6 is 0 Å². The van der Waals surface area contributed by atoms with Crippen molar-refractivity contribution in [3.63, 3.8) is 0 Å². The van der Waals surface area contributed by atoms with Crippen molar-refractivity contribution in [2.24, 2.45) is 5.92 Å². The molecule has 28 heavy (non-hydrogen) atoms. The van der Waals surface area contributed by atoms with Crippen molar-refractivity contribution in [1.29, 1.82) is 0 Å². The highest BCUT2D eigenvalue weighted by Crippen LogP contribution is 2.39. The zero-order valence-corrected chi connectivity index (χ0v) is 15.9. The van der Waals surface area contributed by atoms with Crippen molar-refractivity contribution in [2.45, 2.75) is 37.8 Å². The third-order valence-electron chi connectivity index (χ3n) is 6.67. The molecule has 5 rings (SSSR count). The zero-order chi connectivity index (χ0) is 19.6. The van der Waals surface area contributed by atoms with Gasteiger partial charge in [-0.25, -0.2) is 9.18 Å². The molecule has 1 aromatic heterocycles. The summed E-state index contributed by atoms with van der Waals surface area (Å²) >= 11 is 0. The Kier molecular flexibility index (Phi) is 3.98. The Morgan fingerprint density at radius 2 is 2.00 bits per heavy atom. The molecule has 1 N–H and O–H groups in total. The van der Waals surface area contributed by atoms with Crippen LogP contribution in [-0.4, -0.2) is 53.3 Å². The number of likely N-dealkylation sites (tertiary alicyclic amines) is 1. The highest BCUT2D eigenvalue weighted by molar-refractivity contribution is 5.93. The Hall–Kier alpha value is -2.41. The fourth-order valence-corrected chi connectivity index (χ4v) is 5.01. The Balaban J connectivity index is 1.62. The van der Waals surface area contributed by atoms with Crippen LogP contribution in [0.1, 0.15) is 42.1 Å². The molecule has 2 saturated heterocycles. The number of hydrogen-bond donors (Lipinski definition) is 1. The quantitative estimate of drug-likeness (QED) is 0.880. The minimum absolute atomic E-state index is 0.154. The van der Waals surface area contributed by atoms with E-state index in [1.807, 2.05) is 4.57 Å². The van der Waals surface area contributed by atoms with Gasteiger partial charge >= 0.3 is 5.97 Å². The number of carboxylic acid groups (broad SMARTS) is 1. The lowest BCUT2D eigenvalue weighted by Gasteiger charge is -2.33. The number of rotatable bonds is 3. The standard InChI is InChI=1S/C21H24FN3O3/c1-23-6-2-3-12-9-24(11-19(12)23)18-8-17-14(7-16(18)22)20(26)15(21(27)28)10-25(17)13-4-5-13/h7-8,10,12-13,19H,2-6,9,11H2,1H3,(H,27,28). The summed E-state index contributed by atoms with van der Waals surface area (Å²) in [7, 11) is 2.13. The minimum Gasteiger partial charge on any atom is -0.477 e. The summed E-state index contributed by atoms with van der Waals surface area (Å²) in [5.74, 6) is -1.18. The van der Waals surface area contributed by atoms with E-state index in [0.717, 1.165) is 38.9 Å². The van der Waals surface area contributed by atoms with Crippen LogP contribution in [0.15, 0.2) is 23.1 Å². The van der Waals surface area contributed by atoms with E-state index < -0.39 is 17.2 Å². The van der Waals surface area contributed by atoms with Crippen molar-refractivity contribution < 1.29 is 14.3 Å². The summed E-state index contributed by atoms with van der Waals surface area (Å²) in [6.45, 7) is 2.68. The molecule has 1 aromatic carbocycles. The van der Waals surface area contributed by atoms with Gasteiger partial charge in [0.1, 0.15) is 11.4 Å². The van der Waals surface area contributed by atoms with Gasteiger partial charge in [0, 0.05) is 36.8 Å². The van der Waals surface area contributed by atoms with E-state index in [1.165, 1.54) is 18.7 Å². The van der Waals surface area contributed by atoms with Gasteiger partial charge < -0.3 is 19.5 Å². The number of aromatic nitrogens is 1. The lowest BCUT2D eigenvalue weighted by molar-refractivity contribution is 0.0695. The predicted octanol–water partition coefficient (Wildman–Crippen LogP) is 2.70. The van der Waals surface area contributed by atoms with Gasteiger partial charge in [0.05, 0.1) is 11.2 Å². The molecule has 6 nitrogen and oxygen atoms in total. The minimum atomic E-state index is -1.27. The van der Waals surface area contributed by atoms with E-state index in [0.29, 0.717) is 23.2 Å². The molecule has 2 aromatic rings. The lowest BCUT2D eigenvalue weighted by Crippen LogP contribution is -2.42. The van der Waals surface area contributed by atoms with Crippen molar-refractivity contribution >= 4 is 22.6 Å². The first-order valence-corrected chi connectivity index (χ1v) is 10.0. The van der Waals surface area contributed by atoms with Crippen LogP contribution in [-0.2, 0) is 0 Å². The highest BCUT2D eigenvalue weighted by atomic mass is 19.1. The van der Waals surface area contributed by atoms with Gasteiger partial charge in [-0.15, -0.1) is 0 Å². The molecular formula is C21H24FN3O3. The predicted molar refractivity (Wildman–Crippen MR) is 105 cm³/mol. The average molecular weight is 385 g/mol. The monoisotopic (exact) mass is 385 g/mol. The lowest BCUT2D eigenvalue weighted by atomic mass is 9.93. The van der Waals surface area contributed by atoms with Crippen LogP contribution in [0.3, 0.4) is 0 Å². The number of carboxylic acids is 1. The third kappa shape index (κ3) is 2.71. The number of halogens is 1. The summed E-state index contributed by atoms with van der Waals surface area (Å²) in [5, 5.41) is 9.53. The topological polar surface area (TPSA) is 65.8 Å². The van der Waals surface area contributed by atoms with Gasteiger partial charge in [-0.3, -0.25) is 4.79 Å². The number of nitrogens with zero attached hydrogens (tertiary/aromatic N) is 3. The summed E-state index contributed by atoms with van der Waals surface area (Å²) in [6, 6.07) is 3.62. The van der Waals surface area contributed by atoms with Crippen molar-refractivity contribution in [2.75, 3.05) is 31.6 Å². The number of hydrogen-bond acceptors (Lipinski definition) is 4. The number of carbonyl (C=O) groups is 1. The van der Waals surface area contributed by atoms with Crippen LogP contribution in [0.5, 0.6) is 0 Å². The first kappa shape index (κ1) is 17.7. The van der Waals surface area contributed by atoms with E-state index in [9.17, 15) is 14.7 Å². The second-order valence-corrected chi connectivity index (χ2v) is 8.49. The Bertz CT molecular complexity index is 1030. The van der Waals surface area contributed by atoms with Crippen molar-refractivity contribution in [3.05, 3.63) is 39.9 Å². The van der Waals surface area contributed by atoms with Crippen molar-refractivity contribution in [1.82, 2.24) is 9.47 Å². The summed E-state index contributed by atoms with van der Waals surface area (Å²) in [4.78, 5) is 28.6. The van der Waals surface area contributed by atoms with Gasteiger partial charge in [-0.05, 0) is 57.3 Å². The van der Waals surface area contributed by atoms with Gasteiger partial charge in [-0.1, -0.05) is 0 Å². The fraction of sp³-hybridized carbons (Fsp3) is 0.524. The number of piperidine rings is 1. The van der Waals surface area contributed by atoms with Crippen LogP contribution in [0.25, 0.3) is 10.9 Å². The number of anilines is 1. The number of fused-ring (bicyclic) bond motifs is 2. The molecule has 0 spiro atoms. The molecule has 0 amide bonds. The summed E-state index contributed by atoms with van der Waals surface area (Å²) in [6.07, 6.45) is 5.66. The number of benzene rings is 1. The number of pyridine rings is 1. The molecular weight excluding hydrogens is 361 g/mol. The van der Waals surface area contributed by atoms with Crippen LogP contribution < -0.4 is 10.3 Å². The molecule has 7 heteroatoms. The van der Waals surface area contributed by atoms with Gasteiger partial charge in [0.25, 0.3) is 0 Å². The maximum atomic E-state index is 15.1. The SMILES string of the molecule is CN1CCCC2CN(c3cc4c(cc3F)c(=O)c(C(=O)O)cn4C3CC3)CC21. The smallest absolute Gasteiger partial charge is 0.341 e. The molecule has 1 aliphatic carbocycles. The van der Waals surface area contributed by atoms with Crippen LogP contribution in [0.2, 0.25) is 0 Å². The fourth-order valence-electron chi connectivity index (χ4n) is 5.01. The molecule has 2 unspecified atom stereocenters. The van der Waals surface area contributed by atoms with Crippen LogP contribution in [0, 0.1) is 11.7 Å². The Morgan fingerprint density at radius 3 is 2.68 bits per heavy atom. The largest absolute Gasteiger partial charge is 0.477 e. The third-order valence-corrected chi connectivity index (χ3v) is 6.67. The Morgan fingerprint density at radius 1 is 1.21 bits per heavy atom. The first-order chi connectivity index (χ1) is 13.4. The summed E-state index contributed by atoms with van der Waals surface area (Å²) in [5.41, 5.74) is 0.254. The second-order valence-electron chi connectivity index (χ2n) is 8.49. The van der Waals surface area contributed by atoms with E-state index in [4.69, 9.17) is 0 Å². The zero-order valence-electron chi connectivity index (χ0n) is 15.9. The van der Waals surface area contributed by atoms with E-state index in [1.54, 1.807) is 6.07 Å². The van der Waals surface area contributed by atoms with Gasteiger partial charge in [0.15, 0.2) is 0 Å². The number of aromatic carboxylic acids is 1.